The molecule has 244 valence electrons. The lowest BCUT2D eigenvalue weighted by Gasteiger charge is -2.46. The molecule has 0 aliphatic carbocycles. The summed E-state index contributed by atoms with van der Waals surface area (Å²) in [5.41, 5.74) is 2.77. The number of carbonyl (C=O) groups is 1. The molecule has 2 heterocycles. The van der Waals surface area contributed by atoms with E-state index in [1.165, 1.54) is 0 Å². The number of benzene rings is 4. The largest absolute Gasteiger partial charge is 0.459 e. The molecule has 1 atom stereocenters. The molecule has 0 bridgehead atoms. The normalized spacial score (nSPS) is 21.7. The average Bonchev–Trinajstić information content (AvgIpc) is 2.92. The van der Waals surface area contributed by atoms with Crippen LogP contribution in [0, 0.1) is 0 Å². The third-order valence-corrected chi connectivity index (χ3v) is 9.52. The number of piperidine rings is 2. The van der Waals surface area contributed by atoms with Crippen LogP contribution < -0.4 is 10.6 Å². The Hall–Kier alpha value is -3.29. The van der Waals surface area contributed by atoms with Crippen molar-refractivity contribution in [3.05, 3.63) is 83.9 Å². The molecular formula is C40H50N2O4. The smallest absolute Gasteiger partial charge is 0.339 e. The van der Waals surface area contributed by atoms with E-state index in [4.69, 9.17) is 9.47 Å². The molecule has 0 spiro atoms. The first-order chi connectivity index (χ1) is 21.5. The van der Waals surface area contributed by atoms with Gasteiger partial charge in [0.05, 0.1) is 11.7 Å². The average molecular weight is 623 g/mol. The first-order valence-electron chi connectivity index (χ1n) is 16.7. The fourth-order valence-corrected chi connectivity index (χ4v) is 8.54. The summed E-state index contributed by atoms with van der Waals surface area (Å²) in [6.07, 6.45) is 1.80. The molecule has 1 unspecified atom stereocenters. The van der Waals surface area contributed by atoms with E-state index in [9.17, 15) is 9.90 Å². The maximum atomic E-state index is 13.9. The number of esters is 1. The van der Waals surface area contributed by atoms with E-state index in [-0.39, 0.29) is 40.3 Å². The molecule has 46 heavy (non-hydrogen) atoms. The van der Waals surface area contributed by atoms with Gasteiger partial charge in [-0.15, -0.1) is 0 Å². The lowest BCUT2D eigenvalue weighted by molar-refractivity contribution is -0.160. The van der Waals surface area contributed by atoms with Crippen LogP contribution in [-0.4, -0.2) is 45.4 Å². The first-order valence-corrected chi connectivity index (χ1v) is 16.7. The zero-order valence-corrected chi connectivity index (χ0v) is 28.7. The molecule has 0 radical (unpaired) electrons. The van der Waals surface area contributed by atoms with Crippen LogP contribution in [0.25, 0.3) is 32.7 Å². The van der Waals surface area contributed by atoms with Crippen molar-refractivity contribution < 1.29 is 19.4 Å². The molecule has 6 rings (SSSR count). The number of aliphatic hydroxyl groups is 1. The van der Waals surface area contributed by atoms with Gasteiger partial charge in [-0.3, -0.25) is 0 Å². The highest BCUT2D eigenvalue weighted by molar-refractivity contribution is 6.11. The topological polar surface area (TPSA) is 79.8 Å². The van der Waals surface area contributed by atoms with E-state index >= 15 is 0 Å². The summed E-state index contributed by atoms with van der Waals surface area (Å²) in [6, 6.07) is 24.2. The van der Waals surface area contributed by atoms with Crippen molar-refractivity contribution in [1.82, 2.24) is 10.6 Å². The minimum atomic E-state index is -1.06. The van der Waals surface area contributed by atoms with Crippen molar-refractivity contribution in [2.75, 3.05) is 0 Å². The molecule has 6 heteroatoms. The van der Waals surface area contributed by atoms with Crippen molar-refractivity contribution in [2.45, 2.75) is 122 Å². The van der Waals surface area contributed by atoms with Gasteiger partial charge in [-0.1, -0.05) is 60.7 Å². The summed E-state index contributed by atoms with van der Waals surface area (Å²) in [7, 11) is 0. The lowest BCUT2D eigenvalue weighted by Crippen LogP contribution is -2.59. The summed E-state index contributed by atoms with van der Waals surface area (Å²) in [5, 5.41) is 22.6. The third kappa shape index (κ3) is 7.01. The van der Waals surface area contributed by atoms with Gasteiger partial charge < -0.3 is 25.2 Å². The van der Waals surface area contributed by atoms with Gasteiger partial charge in [0.15, 0.2) is 6.29 Å². The monoisotopic (exact) mass is 622 g/mol. The second-order valence-electron chi connectivity index (χ2n) is 16.2. The van der Waals surface area contributed by atoms with E-state index in [1.807, 2.05) is 42.5 Å². The number of rotatable bonds is 6. The van der Waals surface area contributed by atoms with Crippen molar-refractivity contribution in [3.63, 3.8) is 0 Å². The van der Waals surface area contributed by atoms with Crippen LogP contribution in [0.15, 0.2) is 72.8 Å². The Morgan fingerprint density at radius 3 is 1.89 bits per heavy atom. The quantitative estimate of drug-likeness (QED) is 0.148. The van der Waals surface area contributed by atoms with Gasteiger partial charge in [-0.05, 0) is 108 Å². The number of aliphatic hydroxyl groups excluding tert-OH is 1. The maximum Gasteiger partial charge on any atom is 0.339 e. The van der Waals surface area contributed by atoms with Gasteiger partial charge in [0, 0.05) is 45.9 Å². The second kappa shape index (κ2) is 11.7. The minimum absolute atomic E-state index is 0.0811. The molecule has 4 aromatic carbocycles. The Morgan fingerprint density at radius 2 is 1.26 bits per heavy atom. The lowest BCUT2D eigenvalue weighted by atomic mass is 9.81. The standard InChI is InChI=1S/C40H50N2O4/c1-37(2)21-28(22-38(3,4)41-37)45-35(43)31-16-9-12-25-18-19-27(20-33(25)31)30-15-10-13-26-14-11-17-32(34(26)30)36(44)46-29-23-39(5,6)42-40(7,8)24-29/h9-20,28-29,35,41-43H,21-24H2,1-8H3. The predicted molar refractivity (Wildman–Crippen MR) is 187 cm³/mol. The molecule has 2 fully saturated rings. The van der Waals surface area contributed by atoms with Gasteiger partial charge in [-0.25, -0.2) is 4.79 Å². The Bertz CT molecular complexity index is 1730. The van der Waals surface area contributed by atoms with Gasteiger partial charge in [-0.2, -0.15) is 0 Å². The van der Waals surface area contributed by atoms with Gasteiger partial charge in [0.25, 0.3) is 0 Å². The molecule has 2 saturated heterocycles. The van der Waals surface area contributed by atoms with Gasteiger partial charge in [0.2, 0.25) is 0 Å². The van der Waals surface area contributed by atoms with E-state index < -0.39 is 6.29 Å². The van der Waals surface area contributed by atoms with Crippen molar-refractivity contribution in [3.8, 4) is 11.1 Å². The summed E-state index contributed by atoms with van der Waals surface area (Å²) < 4.78 is 12.6. The molecular weight excluding hydrogens is 572 g/mol. The molecule has 4 aromatic rings. The summed E-state index contributed by atoms with van der Waals surface area (Å²) in [5.74, 6) is -0.297. The van der Waals surface area contributed by atoms with Crippen LogP contribution in [0.2, 0.25) is 0 Å². The molecule has 2 aliphatic rings. The highest BCUT2D eigenvalue weighted by Gasteiger charge is 2.40. The SMILES string of the molecule is CC1(C)CC(OC(=O)c2cccc3cccc(-c4ccc5cccc(C(O)OC6CC(C)(C)NC(C)(C)C6)c5c4)c23)CC(C)(C)N1. The van der Waals surface area contributed by atoms with Crippen LogP contribution in [0.4, 0.5) is 0 Å². The van der Waals surface area contributed by atoms with Crippen molar-refractivity contribution in [1.29, 1.82) is 0 Å². The molecule has 3 N–H and O–H groups in total. The number of hydrogen-bond acceptors (Lipinski definition) is 6. The van der Waals surface area contributed by atoms with E-state index in [2.05, 4.69) is 96.4 Å². The Labute approximate surface area is 273 Å². The van der Waals surface area contributed by atoms with E-state index in [0.717, 1.165) is 63.9 Å². The number of nitrogens with one attached hydrogen (secondary N) is 2. The Balaban J connectivity index is 1.35. The summed E-state index contributed by atoms with van der Waals surface area (Å²) in [6.45, 7) is 17.4. The molecule has 6 nitrogen and oxygen atoms in total. The molecule has 2 aliphatic heterocycles. The summed E-state index contributed by atoms with van der Waals surface area (Å²) >= 11 is 0. The van der Waals surface area contributed by atoms with Crippen molar-refractivity contribution >= 4 is 27.5 Å². The summed E-state index contributed by atoms with van der Waals surface area (Å²) in [4.78, 5) is 13.9. The highest BCUT2D eigenvalue weighted by atomic mass is 16.6. The Kier molecular flexibility index (Phi) is 8.34. The highest BCUT2D eigenvalue weighted by Crippen LogP contribution is 2.38. The number of fused-ring (bicyclic) bond motifs is 2. The molecule has 0 saturated carbocycles. The molecule has 0 aromatic heterocycles. The fraction of sp³-hybridized carbons (Fsp3) is 0.475. The van der Waals surface area contributed by atoms with Crippen LogP contribution >= 0.6 is 0 Å². The zero-order chi connectivity index (χ0) is 33.1. The van der Waals surface area contributed by atoms with E-state index in [0.29, 0.717) is 5.56 Å². The van der Waals surface area contributed by atoms with Gasteiger partial charge >= 0.3 is 5.97 Å². The predicted octanol–water partition coefficient (Wildman–Crippen LogP) is 8.44. The minimum Gasteiger partial charge on any atom is -0.459 e. The fourth-order valence-electron chi connectivity index (χ4n) is 8.54. The van der Waals surface area contributed by atoms with Crippen molar-refractivity contribution in [2.24, 2.45) is 0 Å². The molecule has 0 amide bonds. The van der Waals surface area contributed by atoms with Crippen LogP contribution in [-0.2, 0) is 9.47 Å². The third-order valence-electron chi connectivity index (χ3n) is 9.52. The first kappa shape index (κ1) is 32.6. The van der Waals surface area contributed by atoms with Crippen LogP contribution in [0.5, 0.6) is 0 Å². The second-order valence-corrected chi connectivity index (χ2v) is 16.2. The number of hydrogen-bond donors (Lipinski definition) is 3. The van der Waals surface area contributed by atoms with E-state index in [1.54, 1.807) is 0 Å². The van der Waals surface area contributed by atoms with Gasteiger partial charge in [0.1, 0.15) is 6.10 Å². The zero-order valence-electron chi connectivity index (χ0n) is 28.7. The maximum absolute atomic E-state index is 13.9. The number of ether oxygens (including phenoxy) is 2. The van der Waals surface area contributed by atoms with Crippen LogP contribution in [0.1, 0.15) is 103 Å². The Morgan fingerprint density at radius 1 is 0.717 bits per heavy atom. The van der Waals surface area contributed by atoms with Crippen LogP contribution in [0.3, 0.4) is 0 Å². The number of carbonyl (C=O) groups excluding carboxylic acids is 1.